The number of rotatable bonds is 4. The highest BCUT2D eigenvalue weighted by Crippen LogP contribution is 2.30. The molecule has 5 rings (SSSR count). The van der Waals surface area contributed by atoms with Crippen molar-refractivity contribution < 1.29 is 9.26 Å². The minimum Gasteiger partial charge on any atom is -0.383 e. The minimum atomic E-state index is 0.353. The Morgan fingerprint density at radius 3 is 2.66 bits per heavy atom. The number of benzene rings is 1. The lowest BCUT2D eigenvalue weighted by atomic mass is 10.1. The zero-order valence-corrected chi connectivity index (χ0v) is 15.7. The third kappa shape index (κ3) is 3.50. The van der Waals surface area contributed by atoms with Gasteiger partial charge in [0.05, 0.1) is 17.8 Å². The summed E-state index contributed by atoms with van der Waals surface area (Å²) in [6.07, 6.45) is 7.56. The van der Waals surface area contributed by atoms with Gasteiger partial charge >= 0.3 is 0 Å². The molecule has 1 saturated heterocycles. The van der Waals surface area contributed by atoms with Crippen LogP contribution in [0.15, 0.2) is 59.5 Å². The summed E-state index contributed by atoms with van der Waals surface area (Å²) < 4.78 is 12.9. The molecule has 1 aromatic carbocycles. The van der Waals surface area contributed by atoms with E-state index >= 15 is 0 Å². The van der Waals surface area contributed by atoms with Crippen LogP contribution in [0, 0.1) is 0 Å². The lowest BCUT2D eigenvalue weighted by Crippen LogP contribution is -2.19. The molecule has 3 aromatic heterocycles. The number of nitrogens with two attached hydrogens (primary N) is 1. The Morgan fingerprint density at radius 1 is 1.00 bits per heavy atom. The maximum absolute atomic E-state index is 6.10. The van der Waals surface area contributed by atoms with E-state index in [-0.39, 0.29) is 0 Å². The Bertz CT molecular complexity index is 1120. The second-order valence-corrected chi connectivity index (χ2v) is 7.00. The van der Waals surface area contributed by atoms with Crippen LogP contribution in [0.2, 0.25) is 0 Å². The molecule has 0 amide bonds. The average Bonchev–Trinajstić information content (AvgIpc) is 3.46. The molecule has 146 valence electrons. The summed E-state index contributed by atoms with van der Waals surface area (Å²) in [5, 5.41) is 8.63. The fraction of sp³-hybridized carbons (Fsp3) is 0.238. The van der Waals surface area contributed by atoms with Gasteiger partial charge in [-0.25, -0.2) is 4.98 Å². The quantitative estimate of drug-likeness (QED) is 0.569. The van der Waals surface area contributed by atoms with Gasteiger partial charge in [0.15, 0.2) is 0 Å². The van der Waals surface area contributed by atoms with Crippen LogP contribution in [0.3, 0.4) is 0 Å². The molecule has 0 radical (unpaired) electrons. The highest BCUT2D eigenvalue weighted by molar-refractivity contribution is 5.75. The van der Waals surface area contributed by atoms with Crippen LogP contribution in [-0.4, -0.2) is 38.1 Å². The molecule has 8 heteroatoms. The molecule has 0 saturated carbocycles. The molecule has 1 aliphatic rings. The van der Waals surface area contributed by atoms with Crippen molar-refractivity contribution in [1.29, 1.82) is 0 Å². The molecule has 0 unspecified atom stereocenters. The predicted octanol–water partition coefficient (Wildman–Crippen LogP) is 3.60. The molecule has 0 spiro atoms. The smallest absolute Gasteiger partial charge is 0.258 e. The molecule has 2 N–H and O–H groups in total. The standard InChI is InChI=1S/C21H20N6O2/c22-19-18(20-25-21(29-26-20)14-4-2-1-3-5-14)10-15(11-23-19)16-12-24-27(13-16)17-6-8-28-9-7-17/h1-5,10-13,17H,6-9H2,(H2,22,23). The van der Waals surface area contributed by atoms with Gasteiger partial charge in [-0.1, -0.05) is 23.4 Å². The van der Waals surface area contributed by atoms with Crippen molar-refractivity contribution in [2.24, 2.45) is 0 Å². The Morgan fingerprint density at radius 2 is 1.83 bits per heavy atom. The van der Waals surface area contributed by atoms with Crippen molar-refractivity contribution in [3.8, 4) is 34.0 Å². The van der Waals surface area contributed by atoms with Gasteiger partial charge in [0.2, 0.25) is 5.82 Å². The maximum atomic E-state index is 6.10. The highest BCUT2D eigenvalue weighted by Gasteiger charge is 2.18. The Hall–Kier alpha value is -3.52. The van der Waals surface area contributed by atoms with E-state index in [0.717, 1.165) is 42.7 Å². The normalized spacial score (nSPS) is 14.9. The van der Waals surface area contributed by atoms with Gasteiger partial charge in [-0.05, 0) is 31.0 Å². The lowest BCUT2D eigenvalue weighted by Gasteiger charge is -2.22. The van der Waals surface area contributed by atoms with Crippen LogP contribution in [0.4, 0.5) is 5.82 Å². The molecule has 4 heterocycles. The SMILES string of the molecule is Nc1ncc(-c2cnn(C3CCOCC3)c2)cc1-c1noc(-c2ccccc2)n1. The van der Waals surface area contributed by atoms with E-state index in [1.54, 1.807) is 6.20 Å². The Balaban J connectivity index is 1.45. The number of nitrogen functional groups attached to an aromatic ring is 1. The third-order valence-corrected chi connectivity index (χ3v) is 5.11. The third-order valence-electron chi connectivity index (χ3n) is 5.11. The lowest BCUT2D eigenvalue weighted by molar-refractivity contribution is 0.0662. The topological polar surface area (TPSA) is 105 Å². The summed E-state index contributed by atoms with van der Waals surface area (Å²) >= 11 is 0. The summed E-state index contributed by atoms with van der Waals surface area (Å²) in [5.41, 5.74) is 9.46. The second kappa shape index (κ2) is 7.48. The predicted molar refractivity (Wildman–Crippen MR) is 108 cm³/mol. The van der Waals surface area contributed by atoms with Crippen molar-refractivity contribution in [3.05, 3.63) is 55.0 Å². The van der Waals surface area contributed by atoms with E-state index in [2.05, 4.69) is 20.2 Å². The molecule has 29 heavy (non-hydrogen) atoms. The van der Waals surface area contributed by atoms with E-state index in [0.29, 0.717) is 29.1 Å². The fourth-order valence-electron chi connectivity index (χ4n) is 3.48. The monoisotopic (exact) mass is 388 g/mol. The molecule has 0 aliphatic carbocycles. The summed E-state index contributed by atoms with van der Waals surface area (Å²) in [6, 6.07) is 11.9. The van der Waals surface area contributed by atoms with Crippen molar-refractivity contribution >= 4 is 5.82 Å². The number of anilines is 1. The number of aromatic nitrogens is 5. The highest BCUT2D eigenvalue weighted by atomic mass is 16.5. The van der Waals surface area contributed by atoms with Crippen molar-refractivity contribution in [3.63, 3.8) is 0 Å². The van der Waals surface area contributed by atoms with E-state index in [1.165, 1.54) is 0 Å². The molecular weight excluding hydrogens is 368 g/mol. The number of nitrogens with zero attached hydrogens (tertiary/aromatic N) is 5. The Labute approximate surface area is 167 Å². The van der Waals surface area contributed by atoms with Gasteiger partial charge in [0.1, 0.15) is 5.82 Å². The van der Waals surface area contributed by atoms with E-state index in [1.807, 2.05) is 53.5 Å². The fourth-order valence-corrected chi connectivity index (χ4v) is 3.48. The summed E-state index contributed by atoms with van der Waals surface area (Å²) in [6.45, 7) is 1.55. The largest absolute Gasteiger partial charge is 0.383 e. The Kier molecular flexibility index (Phi) is 4.53. The van der Waals surface area contributed by atoms with Crippen LogP contribution >= 0.6 is 0 Å². The van der Waals surface area contributed by atoms with Crippen LogP contribution in [0.5, 0.6) is 0 Å². The van der Waals surface area contributed by atoms with Crippen molar-refractivity contribution in [1.82, 2.24) is 24.9 Å². The van der Waals surface area contributed by atoms with Gasteiger partial charge in [-0.2, -0.15) is 10.1 Å². The molecule has 1 aliphatic heterocycles. The van der Waals surface area contributed by atoms with Gasteiger partial charge < -0.3 is 15.0 Å². The molecule has 8 nitrogen and oxygen atoms in total. The first-order valence-corrected chi connectivity index (χ1v) is 9.55. The molecular formula is C21H20N6O2. The molecule has 1 fully saturated rings. The van der Waals surface area contributed by atoms with E-state index < -0.39 is 0 Å². The zero-order chi connectivity index (χ0) is 19.6. The number of pyridine rings is 1. The maximum Gasteiger partial charge on any atom is 0.258 e. The van der Waals surface area contributed by atoms with Crippen LogP contribution < -0.4 is 5.73 Å². The molecule has 4 aromatic rings. The summed E-state index contributed by atoms with van der Waals surface area (Å²) in [5.74, 6) is 1.20. The van der Waals surface area contributed by atoms with Gasteiger partial charge in [-0.3, -0.25) is 4.68 Å². The van der Waals surface area contributed by atoms with Crippen molar-refractivity contribution in [2.75, 3.05) is 18.9 Å². The van der Waals surface area contributed by atoms with Crippen LogP contribution in [0.25, 0.3) is 34.0 Å². The number of hydrogen-bond donors (Lipinski definition) is 1. The van der Waals surface area contributed by atoms with Gasteiger partial charge in [0.25, 0.3) is 5.89 Å². The summed E-state index contributed by atoms with van der Waals surface area (Å²) in [4.78, 5) is 8.83. The van der Waals surface area contributed by atoms with Gasteiger partial charge in [0, 0.05) is 42.3 Å². The van der Waals surface area contributed by atoms with Crippen LogP contribution in [0.1, 0.15) is 18.9 Å². The first-order chi connectivity index (χ1) is 14.3. The van der Waals surface area contributed by atoms with Crippen LogP contribution in [-0.2, 0) is 4.74 Å². The van der Waals surface area contributed by atoms with E-state index in [9.17, 15) is 0 Å². The summed E-state index contributed by atoms with van der Waals surface area (Å²) in [7, 11) is 0. The number of ether oxygens (including phenoxy) is 1. The van der Waals surface area contributed by atoms with Crippen molar-refractivity contribution in [2.45, 2.75) is 18.9 Å². The molecule has 0 atom stereocenters. The first kappa shape index (κ1) is 17.6. The minimum absolute atomic E-state index is 0.353. The first-order valence-electron chi connectivity index (χ1n) is 9.55. The number of hydrogen-bond acceptors (Lipinski definition) is 7. The molecule has 0 bridgehead atoms. The second-order valence-electron chi connectivity index (χ2n) is 7.00. The zero-order valence-electron chi connectivity index (χ0n) is 15.7. The van der Waals surface area contributed by atoms with Gasteiger partial charge in [-0.15, -0.1) is 0 Å². The average molecular weight is 388 g/mol. The van der Waals surface area contributed by atoms with E-state index in [4.69, 9.17) is 15.0 Å².